The quantitative estimate of drug-likeness (QED) is 0.461. The third-order valence-electron chi connectivity index (χ3n) is 3.96. The Hall–Kier alpha value is -0.840. The Morgan fingerprint density at radius 1 is 1.28 bits per heavy atom. The first-order chi connectivity index (χ1) is 8.74. The number of piperidine rings is 3. The zero-order valence-corrected chi connectivity index (χ0v) is 12.4. The topological polar surface area (TPSA) is 20.3 Å². The molecule has 0 radical (unpaired) electrons. The van der Waals surface area contributed by atoms with Crippen LogP contribution in [-0.2, 0) is 0 Å². The Kier molecular flexibility index (Phi) is 3.41. The summed E-state index contributed by atoms with van der Waals surface area (Å²) < 4.78 is 1.04. The van der Waals surface area contributed by atoms with Gasteiger partial charge in [0.25, 0.3) is 0 Å². The molecule has 3 heteroatoms. The molecule has 0 atom stereocenters. The van der Waals surface area contributed by atoms with Crippen LogP contribution in [0.3, 0.4) is 0 Å². The van der Waals surface area contributed by atoms with Gasteiger partial charge in [-0.25, -0.2) is 0 Å². The van der Waals surface area contributed by atoms with Crippen LogP contribution < -0.4 is 0 Å². The van der Waals surface area contributed by atoms with Gasteiger partial charge in [0, 0.05) is 34.0 Å². The zero-order chi connectivity index (χ0) is 12.5. The number of halogens is 1. The van der Waals surface area contributed by atoms with E-state index in [9.17, 15) is 4.79 Å². The predicted octanol–water partition coefficient (Wildman–Crippen LogP) is 3.47. The molecule has 18 heavy (non-hydrogen) atoms. The number of rotatable bonds is 2. The highest BCUT2D eigenvalue weighted by Gasteiger charge is 2.29. The van der Waals surface area contributed by atoms with Gasteiger partial charge in [-0.15, -0.1) is 0 Å². The molecule has 94 valence electrons. The summed E-state index contributed by atoms with van der Waals surface area (Å²) in [5, 5.41) is 0. The molecule has 3 fully saturated rings. The van der Waals surface area contributed by atoms with Gasteiger partial charge >= 0.3 is 0 Å². The fraction of sp³-hybridized carbons (Fsp3) is 0.400. The maximum Gasteiger partial charge on any atom is 0.188 e. The Labute approximate surface area is 121 Å². The largest absolute Gasteiger partial charge is 0.375 e. The number of carbonyl (C=O) groups is 1. The number of fused-ring (bicyclic) bond motifs is 3. The van der Waals surface area contributed by atoms with Gasteiger partial charge in [-0.1, -0.05) is 12.1 Å². The third kappa shape index (κ3) is 2.32. The van der Waals surface area contributed by atoms with Gasteiger partial charge in [-0.05, 0) is 59.9 Å². The first kappa shape index (κ1) is 12.2. The number of allylic oxidation sites excluding steroid dienone is 2. The predicted molar refractivity (Wildman–Crippen MR) is 80.5 cm³/mol. The van der Waals surface area contributed by atoms with E-state index in [2.05, 4.69) is 27.5 Å². The molecule has 3 aliphatic heterocycles. The van der Waals surface area contributed by atoms with Gasteiger partial charge in [-0.2, -0.15) is 0 Å². The van der Waals surface area contributed by atoms with E-state index < -0.39 is 0 Å². The standard InChI is InChI=1S/C15H16INO/c16-14-4-2-1-3-13(14)15(18)10-12-9-11-5-7-17(12)8-6-11/h1-4,10-11H,5-9H2/b12-10+. The molecular formula is C15H16INO. The second-order valence-electron chi connectivity index (χ2n) is 5.11. The molecule has 1 aromatic carbocycles. The van der Waals surface area contributed by atoms with Crippen LogP contribution in [0.15, 0.2) is 36.0 Å². The summed E-state index contributed by atoms with van der Waals surface area (Å²) >= 11 is 2.23. The first-order valence-electron chi connectivity index (χ1n) is 6.48. The number of nitrogens with zero attached hydrogens (tertiary/aromatic N) is 1. The molecule has 3 heterocycles. The van der Waals surface area contributed by atoms with E-state index in [1.165, 1.54) is 18.5 Å². The fourth-order valence-electron chi connectivity index (χ4n) is 2.89. The van der Waals surface area contributed by atoms with Crippen molar-refractivity contribution in [2.75, 3.05) is 13.1 Å². The molecule has 0 unspecified atom stereocenters. The molecule has 0 amide bonds. The van der Waals surface area contributed by atoms with E-state index in [0.717, 1.165) is 34.6 Å². The summed E-state index contributed by atoms with van der Waals surface area (Å²) in [6.07, 6.45) is 5.56. The zero-order valence-electron chi connectivity index (χ0n) is 10.2. The molecular weight excluding hydrogens is 337 g/mol. The molecule has 0 saturated carbocycles. The van der Waals surface area contributed by atoms with Gasteiger partial charge in [0.05, 0.1) is 0 Å². The summed E-state index contributed by atoms with van der Waals surface area (Å²) in [6.45, 7) is 2.27. The molecule has 1 aromatic rings. The first-order valence-corrected chi connectivity index (χ1v) is 7.56. The van der Waals surface area contributed by atoms with Crippen molar-refractivity contribution in [3.05, 3.63) is 45.2 Å². The normalized spacial score (nSPS) is 21.6. The average Bonchev–Trinajstić information content (AvgIpc) is 2.40. The lowest BCUT2D eigenvalue weighted by Gasteiger charge is -2.42. The summed E-state index contributed by atoms with van der Waals surface area (Å²) in [7, 11) is 0. The molecule has 3 aliphatic rings. The van der Waals surface area contributed by atoms with E-state index in [1.54, 1.807) is 0 Å². The number of ketones is 1. The minimum absolute atomic E-state index is 0.155. The van der Waals surface area contributed by atoms with E-state index >= 15 is 0 Å². The molecule has 4 rings (SSSR count). The number of hydrogen-bond acceptors (Lipinski definition) is 2. The van der Waals surface area contributed by atoms with Crippen molar-refractivity contribution in [2.45, 2.75) is 19.3 Å². The van der Waals surface area contributed by atoms with Crippen molar-refractivity contribution in [3.8, 4) is 0 Å². The van der Waals surface area contributed by atoms with Crippen LogP contribution in [0, 0.1) is 9.49 Å². The minimum atomic E-state index is 0.155. The maximum atomic E-state index is 12.3. The van der Waals surface area contributed by atoms with E-state index in [-0.39, 0.29) is 5.78 Å². The van der Waals surface area contributed by atoms with E-state index in [0.29, 0.717) is 0 Å². The van der Waals surface area contributed by atoms with Crippen molar-refractivity contribution >= 4 is 28.4 Å². The van der Waals surface area contributed by atoms with Gasteiger partial charge in [0.1, 0.15) is 0 Å². The monoisotopic (exact) mass is 353 g/mol. The Morgan fingerprint density at radius 3 is 2.61 bits per heavy atom. The van der Waals surface area contributed by atoms with Crippen molar-refractivity contribution in [1.82, 2.24) is 4.90 Å². The van der Waals surface area contributed by atoms with Gasteiger partial charge < -0.3 is 4.90 Å². The number of hydrogen-bond donors (Lipinski definition) is 0. The van der Waals surface area contributed by atoms with E-state index in [4.69, 9.17) is 0 Å². The summed E-state index contributed by atoms with van der Waals surface area (Å²) in [6, 6.07) is 7.80. The maximum absolute atomic E-state index is 12.3. The van der Waals surface area contributed by atoms with Gasteiger partial charge in [0.2, 0.25) is 0 Å². The van der Waals surface area contributed by atoms with E-state index in [1.807, 2.05) is 30.3 Å². The molecule has 3 saturated heterocycles. The molecule has 0 spiro atoms. The van der Waals surface area contributed by atoms with Gasteiger partial charge in [0.15, 0.2) is 5.78 Å². The van der Waals surface area contributed by atoms with Crippen LogP contribution in [0.25, 0.3) is 0 Å². The van der Waals surface area contributed by atoms with Crippen molar-refractivity contribution in [2.24, 2.45) is 5.92 Å². The van der Waals surface area contributed by atoms with Crippen LogP contribution in [0.1, 0.15) is 29.6 Å². The van der Waals surface area contributed by atoms with Gasteiger partial charge in [-0.3, -0.25) is 4.79 Å². The van der Waals surface area contributed by atoms with Crippen LogP contribution in [0.4, 0.5) is 0 Å². The van der Waals surface area contributed by atoms with Crippen molar-refractivity contribution < 1.29 is 4.79 Å². The van der Waals surface area contributed by atoms with Crippen LogP contribution in [0.5, 0.6) is 0 Å². The van der Waals surface area contributed by atoms with Crippen molar-refractivity contribution in [1.29, 1.82) is 0 Å². The van der Waals surface area contributed by atoms with Crippen LogP contribution in [-0.4, -0.2) is 23.8 Å². The smallest absolute Gasteiger partial charge is 0.188 e. The second-order valence-corrected chi connectivity index (χ2v) is 6.28. The Bertz CT molecular complexity index is 501. The lowest BCUT2D eigenvalue weighted by Crippen LogP contribution is -2.39. The minimum Gasteiger partial charge on any atom is -0.375 e. The summed E-state index contributed by atoms with van der Waals surface area (Å²) in [4.78, 5) is 14.7. The Morgan fingerprint density at radius 2 is 2.00 bits per heavy atom. The molecule has 2 bridgehead atoms. The lowest BCUT2D eigenvalue weighted by molar-refractivity contribution is 0.103. The fourth-order valence-corrected chi connectivity index (χ4v) is 3.54. The highest BCUT2D eigenvalue weighted by molar-refractivity contribution is 14.1. The summed E-state index contributed by atoms with van der Waals surface area (Å²) in [5.41, 5.74) is 2.08. The number of benzene rings is 1. The lowest BCUT2D eigenvalue weighted by atomic mass is 9.85. The molecule has 0 aliphatic carbocycles. The van der Waals surface area contributed by atoms with Crippen LogP contribution in [0.2, 0.25) is 0 Å². The molecule has 2 nitrogen and oxygen atoms in total. The Balaban J connectivity index is 1.84. The highest BCUT2D eigenvalue weighted by atomic mass is 127. The highest BCUT2D eigenvalue weighted by Crippen LogP contribution is 2.34. The SMILES string of the molecule is O=C(/C=C1\CC2CCN1CC2)c1ccccc1I. The third-order valence-corrected chi connectivity index (χ3v) is 4.90. The summed E-state index contributed by atoms with van der Waals surface area (Å²) in [5.74, 6) is 0.964. The average molecular weight is 353 g/mol. The van der Waals surface area contributed by atoms with Crippen molar-refractivity contribution in [3.63, 3.8) is 0 Å². The second kappa shape index (κ2) is 5.03. The number of carbonyl (C=O) groups excluding carboxylic acids is 1. The van der Waals surface area contributed by atoms with Crippen LogP contribution >= 0.6 is 22.6 Å². The molecule has 0 N–H and O–H groups in total. The molecule has 0 aromatic heterocycles.